The van der Waals surface area contributed by atoms with Gasteiger partial charge in [0.15, 0.2) is 5.82 Å². The predicted molar refractivity (Wildman–Crippen MR) is 138 cm³/mol. The molecular weight excluding hydrogens is 436 g/mol. The third-order valence-corrected chi connectivity index (χ3v) is 7.26. The number of aromatic amines is 1. The zero-order valence-corrected chi connectivity index (χ0v) is 20.5. The highest BCUT2D eigenvalue weighted by Crippen LogP contribution is 2.25. The van der Waals surface area contributed by atoms with E-state index < -0.39 is 0 Å². The van der Waals surface area contributed by atoms with Gasteiger partial charge in [0.1, 0.15) is 0 Å². The highest BCUT2D eigenvalue weighted by atomic mass is 16.1. The second kappa shape index (κ2) is 11.0. The molecule has 0 bridgehead atoms. The van der Waals surface area contributed by atoms with E-state index >= 15 is 0 Å². The molecule has 0 amide bonds. The van der Waals surface area contributed by atoms with E-state index in [1.54, 1.807) is 0 Å². The largest absolute Gasteiger partial charge is 0.322 e. The van der Waals surface area contributed by atoms with Crippen LogP contribution >= 0.6 is 0 Å². The van der Waals surface area contributed by atoms with Gasteiger partial charge in [0.25, 0.3) is 5.56 Å². The van der Waals surface area contributed by atoms with Crippen molar-refractivity contribution in [2.75, 3.05) is 0 Å². The minimum atomic E-state index is -0.00812. The van der Waals surface area contributed by atoms with Gasteiger partial charge in [0, 0.05) is 30.2 Å². The van der Waals surface area contributed by atoms with Crippen LogP contribution in [0.5, 0.6) is 0 Å². The molecule has 2 aromatic carbocycles. The first-order valence-corrected chi connectivity index (χ1v) is 12.9. The molecule has 1 fully saturated rings. The summed E-state index contributed by atoms with van der Waals surface area (Å²) in [5.74, 6) is 0.858. The lowest BCUT2D eigenvalue weighted by Crippen LogP contribution is -2.38. The van der Waals surface area contributed by atoms with Crippen molar-refractivity contribution in [3.63, 3.8) is 0 Å². The maximum Gasteiger partial charge on any atom is 0.252 e. The summed E-state index contributed by atoms with van der Waals surface area (Å²) in [5.41, 5.74) is 4.24. The first-order valence-electron chi connectivity index (χ1n) is 12.9. The van der Waals surface area contributed by atoms with Crippen LogP contribution in [0, 0.1) is 0 Å². The molecule has 182 valence electrons. The lowest BCUT2D eigenvalue weighted by atomic mass is 9.93. The van der Waals surface area contributed by atoms with Gasteiger partial charge in [-0.3, -0.25) is 9.69 Å². The second-order valence-electron chi connectivity index (χ2n) is 9.65. The van der Waals surface area contributed by atoms with E-state index in [0.717, 1.165) is 54.5 Å². The van der Waals surface area contributed by atoms with E-state index in [1.165, 1.54) is 30.4 Å². The fourth-order valence-electron chi connectivity index (χ4n) is 5.19. The number of aryl methyl sites for hydroxylation is 3. The van der Waals surface area contributed by atoms with E-state index in [4.69, 9.17) is 0 Å². The van der Waals surface area contributed by atoms with Crippen molar-refractivity contribution < 1.29 is 0 Å². The number of hydrogen-bond acceptors (Lipinski definition) is 5. The van der Waals surface area contributed by atoms with E-state index in [2.05, 4.69) is 74.8 Å². The summed E-state index contributed by atoms with van der Waals surface area (Å²) in [6.45, 7) is 4.12. The Balaban J connectivity index is 1.39. The number of benzene rings is 2. The third kappa shape index (κ3) is 5.68. The SMILES string of the molecule is CCc1ccc2[nH]c(=O)c(CN(Cc3nnnn3CCc3ccccc3)C3CCCCC3)cc2c1. The van der Waals surface area contributed by atoms with E-state index in [9.17, 15) is 4.79 Å². The van der Waals surface area contributed by atoms with Crippen LogP contribution in [0.25, 0.3) is 10.9 Å². The Kier molecular flexibility index (Phi) is 7.33. The third-order valence-electron chi connectivity index (χ3n) is 7.26. The van der Waals surface area contributed by atoms with E-state index in [1.807, 2.05) is 16.8 Å². The highest BCUT2D eigenvalue weighted by molar-refractivity contribution is 5.79. The molecule has 35 heavy (non-hydrogen) atoms. The maximum absolute atomic E-state index is 13.0. The summed E-state index contributed by atoms with van der Waals surface area (Å²) in [6, 6.07) is 19.2. The van der Waals surface area contributed by atoms with E-state index in [-0.39, 0.29) is 5.56 Å². The van der Waals surface area contributed by atoms with Crippen LogP contribution in [-0.2, 0) is 32.5 Å². The normalized spacial score (nSPS) is 14.7. The van der Waals surface area contributed by atoms with Gasteiger partial charge in [-0.25, -0.2) is 4.68 Å². The number of fused-ring (bicyclic) bond motifs is 1. The number of rotatable bonds is 9. The van der Waals surface area contributed by atoms with Crippen LogP contribution < -0.4 is 5.56 Å². The van der Waals surface area contributed by atoms with Crippen molar-refractivity contribution in [1.29, 1.82) is 0 Å². The maximum atomic E-state index is 13.0. The molecule has 1 N–H and O–H groups in total. The summed E-state index contributed by atoms with van der Waals surface area (Å²) in [6.07, 6.45) is 7.91. The molecule has 0 spiro atoms. The number of nitrogens with zero attached hydrogens (tertiary/aromatic N) is 5. The molecule has 0 radical (unpaired) electrons. The van der Waals surface area contributed by atoms with Gasteiger partial charge in [-0.15, -0.1) is 5.10 Å². The predicted octanol–water partition coefficient (Wildman–Crippen LogP) is 4.65. The Labute approximate surface area is 206 Å². The summed E-state index contributed by atoms with van der Waals surface area (Å²) >= 11 is 0. The number of pyridine rings is 1. The monoisotopic (exact) mass is 470 g/mol. The molecule has 7 heteroatoms. The first kappa shape index (κ1) is 23.4. The van der Waals surface area contributed by atoms with Crippen molar-refractivity contribution in [1.82, 2.24) is 30.1 Å². The van der Waals surface area contributed by atoms with Gasteiger partial charge in [0.2, 0.25) is 0 Å². The van der Waals surface area contributed by atoms with Crippen LogP contribution in [0.3, 0.4) is 0 Å². The summed E-state index contributed by atoms with van der Waals surface area (Å²) in [5, 5.41) is 13.7. The molecule has 1 aliphatic rings. The quantitative estimate of drug-likeness (QED) is 0.385. The Hall–Kier alpha value is -3.32. The van der Waals surface area contributed by atoms with Crippen molar-refractivity contribution in [3.05, 3.63) is 87.5 Å². The van der Waals surface area contributed by atoms with Crippen molar-refractivity contribution in [2.24, 2.45) is 0 Å². The van der Waals surface area contributed by atoms with Gasteiger partial charge >= 0.3 is 0 Å². The van der Waals surface area contributed by atoms with Crippen LogP contribution in [0.15, 0.2) is 59.4 Å². The van der Waals surface area contributed by atoms with Crippen molar-refractivity contribution in [3.8, 4) is 0 Å². The lowest BCUT2D eigenvalue weighted by molar-refractivity contribution is 0.133. The molecule has 1 saturated carbocycles. The molecule has 5 rings (SSSR count). The number of H-pyrrole nitrogens is 1. The van der Waals surface area contributed by atoms with Gasteiger partial charge in [-0.2, -0.15) is 0 Å². The first-order chi connectivity index (χ1) is 17.2. The molecule has 0 saturated heterocycles. The van der Waals surface area contributed by atoms with Crippen LogP contribution in [-0.4, -0.2) is 36.1 Å². The van der Waals surface area contributed by atoms with Crippen molar-refractivity contribution >= 4 is 10.9 Å². The fraction of sp³-hybridized carbons (Fsp3) is 0.429. The second-order valence-corrected chi connectivity index (χ2v) is 9.65. The van der Waals surface area contributed by atoms with Crippen LogP contribution in [0.4, 0.5) is 0 Å². The Morgan fingerprint density at radius 3 is 2.63 bits per heavy atom. The van der Waals surface area contributed by atoms with Crippen LogP contribution in [0.2, 0.25) is 0 Å². The molecule has 0 atom stereocenters. The molecule has 2 aromatic heterocycles. The molecule has 0 unspecified atom stereocenters. The van der Waals surface area contributed by atoms with E-state index in [0.29, 0.717) is 19.1 Å². The summed E-state index contributed by atoms with van der Waals surface area (Å²) < 4.78 is 1.92. The molecular formula is C28H34N6O. The minimum absolute atomic E-state index is 0.00812. The van der Waals surface area contributed by atoms with Gasteiger partial charge in [-0.05, 0) is 70.8 Å². The Bertz CT molecular complexity index is 1310. The summed E-state index contributed by atoms with van der Waals surface area (Å²) in [7, 11) is 0. The van der Waals surface area contributed by atoms with Crippen molar-refractivity contribution in [2.45, 2.75) is 77.5 Å². The summed E-state index contributed by atoms with van der Waals surface area (Å²) in [4.78, 5) is 18.5. The standard InChI is InChI=1S/C28H34N6O/c1-2-21-13-14-26-23(17-21)18-24(28(35)29-26)19-33(25-11-7-4-8-12-25)20-27-30-31-32-34(27)16-15-22-9-5-3-6-10-22/h3,5-6,9-10,13-14,17-18,25H,2,4,7-8,11-12,15-16,19-20H2,1H3,(H,29,35). The molecule has 1 aliphatic carbocycles. The molecule has 4 aromatic rings. The van der Waals surface area contributed by atoms with Crippen LogP contribution in [0.1, 0.15) is 61.5 Å². The zero-order valence-electron chi connectivity index (χ0n) is 20.5. The van der Waals surface area contributed by atoms with Gasteiger partial charge < -0.3 is 4.98 Å². The van der Waals surface area contributed by atoms with Gasteiger partial charge in [0.05, 0.1) is 6.54 Å². The molecule has 7 nitrogen and oxygen atoms in total. The average Bonchev–Trinajstić information content (AvgIpc) is 3.35. The topological polar surface area (TPSA) is 79.7 Å². The highest BCUT2D eigenvalue weighted by Gasteiger charge is 2.24. The Morgan fingerprint density at radius 2 is 1.83 bits per heavy atom. The fourth-order valence-corrected chi connectivity index (χ4v) is 5.19. The smallest absolute Gasteiger partial charge is 0.252 e. The zero-order chi connectivity index (χ0) is 24.0. The number of tetrazole rings is 1. The number of nitrogens with one attached hydrogen (secondary N) is 1. The average molecular weight is 471 g/mol. The van der Waals surface area contributed by atoms with Gasteiger partial charge in [-0.1, -0.05) is 62.6 Å². The number of hydrogen-bond donors (Lipinski definition) is 1. The number of aromatic nitrogens is 5. The Morgan fingerprint density at radius 1 is 1.00 bits per heavy atom. The minimum Gasteiger partial charge on any atom is -0.322 e. The molecule has 2 heterocycles. The molecule has 0 aliphatic heterocycles. The lowest BCUT2D eigenvalue weighted by Gasteiger charge is -2.33.